The van der Waals surface area contributed by atoms with E-state index < -0.39 is 0 Å². The van der Waals surface area contributed by atoms with Crippen molar-refractivity contribution >= 4 is 17.2 Å². The predicted molar refractivity (Wildman–Crippen MR) is 83.0 cm³/mol. The van der Waals surface area contributed by atoms with Gasteiger partial charge in [-0.2, -0.15) is 0 Å². The number of benzene rings is 1. The second-order valence-corrected chi connectivity index (χ2v) is 4.99. The first-order valence-corrected chi connectivity index (χ1v) is 6.64. The molecule has 2 rings (SSSR count). The third kappa shape index (κ3) is 3.45. The van der Waals surface area contributed by atoms with Gasteiger partial charge in [0.25, 0.3) is 0 Å². The Morgan fingerprint density at radius 2 is 2.00 bits per heavy atom. The molecule has 104 valence electrons. The fourth-order valence-electron chi connectivity index (χ4n) is 1.90. The summed E-state index contributed by atoms with van der Waals surface area (Å²) in [5.74, 6) is 0.340. The molecular formula is C15H16N2O2S. The fourth-order valence-corrected chi connectivity index (χ4v) is 2.04. The fraction of sp³-hybridized carbons (Fsp3) is 0.200. The van der Waals surface area contributed by atoms with Crippen LogP contribution in [-0.2, 0) is 13.2 Å². The second-order valence-electron chi connectivity index (χ2n) is 4.46. The maximum absolute atomic E-state index is 11.9. The monoisotopic (exact) mass is 288 g/mol. The van der Waals surface area contributed by atoms with E-state index in [0.717, 1.165) is 11.3 Å². The van der Waals surface area contributed by atoms with Crippen LogP contribution >= 0.6 is 12.2 Å². The minimum Gasteiger partial charge on any atom is -0.483 e. The van der Waals surface area contributed by atoms with Crippen LogP contribution in [0.2, 0.25) is 0 Å². The van der Waals surface area contributed by atoms with Gasteiger partial charge in [-0.3, -0.25) is 4.79 Å². The molecule has 2 N–H and O–H groups in total. The molecule has 0 spiro atoms. The van der Waals surface area contributed by atoms with E-state index in [1.807, 2.05) is 41.8 Å². The summed E-state index contributed by atoms with van der Waals surface area (Å²) in [5, 5.41) is 0. The van der Waals surface area contributed by atoms with Gasteiger partial charge in [-0.15, -0.1) is 0 Å². The molecule has 20 heavy (non-hydrogen) atoms. The molecule has 2 aromatic rings. The number of nitrogens with two attached hydrogens (primary N) is 1. The van der Waals surface area contributed by atoms with Crippen LogP contribution in [0.3, 0.4) is 0 Å². The molecule has 0 atom stereocenters. The summed E-state index contributed by atoms with van der Waals surface area (Å²) in [5.41, 5.74) is 7.13. The first-order valence-electron chi connectivity index (χ1n) is 6.23. The molecule has 0 aliphatic heterocycles. The Morgan fingerprint density at radius 3 is 2.65 bits per heavy atom. The summed E-state index contributed by atoms with van der Waals surface area (Å²) < 4.78 is 7.47. The molecule has 4 nitrogen and oxygen atoms in total. The van der Waals surface area contributed by atoms with E-state index in [9.17, 15) is 4.79 Å². The molecule has 0 saturated carbocycles. The zero-order valence-corrected chi connectivity index (χ0v) is 12.0. The van der Waals surface area contributed by atoms with Crippen LogP contribution in [0.4, 0.5) is 0 Å². The molecule has 0 bridgehead atoms. The van der Waals surface area contributed by atoms with Crippen molar-refractivity contribution in [1.82, 2.24) is 4.57 Å². The first kappa shape index (κ1) is 14.3. The summed E-state index contributed by atoms with van der Waals surface area (Å²) >= 11 is 4.89. The number of hydrogen-bond acceptors (Lipinski definition) is 3. The Balaban J connectivity index is 2.22. The van der Waals surface area contributed by atoms with Crippen molar-refractivity contribution in [1.29, 1.82) is 0 Å². The molecule has 0 saturated heterocycles. The highest BCUT2D eigenvalue weighted by molar-refractivity contribution is 7.80. The van der Waals surface area contributed by atoms with Crippen LogP contribution in [-0.4, -0.2) is 9.56 Å². The van der Waals surface area contributed by atoms with Gasteiger partial charge in [0.1, 0.15) is 6.61 Å². The Kier molecular flexibility index (Phi) is 4.53. The van der Waals surface area contributed by atoms with Crippen molar-refractivity contribution in [3.05, 3.63) is 64.1 Å². The van der Waals surface area contributed by atoms with Crippen molar-refractivity contribution in [3.63, 3.8) is 0 Å². The molecule has 0 amide bonds. The van der Waals surface area contributed by atoms with Gasteiger partial charge in [0.2, 0.25) is 5.43 Å². The molecule has 5 heteroatoms. The van der Waals surface area contributed by atoms with Gasteiger partial charge in [0.15, 0.2) is 5.75 Å². The Bertz CT molecular complexity index is 665. The summed E-state index contributed by atoms with van der Waals surface area (Å²) in [6.45, 7) is 2.57. The minimum atomic E-state index is -0.141. The van der Waals surface area contributed by atoms with Gasteiger partial charge in [0, 0.05) is 12.3 Å². The molecule has 1 heterocycles. The largest absolute Gasteiger partial charge is 0.483 e. The molecule has 0 aliphatic carbocycles. The molecule has 1 aromatic carbocycles. The first-order chi connectivity index (χ1) is 9.58. The number of aromatic nitrogens is 1. The van der Waals surface area contributed by atoms with Crippen molar-refractivity contribution < 1.29 is 4.74 Å². The summed E-state index contributed by atoms with van der Waals surface area (Å²) in [6.07, 6.45) is 1.67. The van der Waals surface area contributed by atoms with E-state index in [1.54, 1.807) is 6.20 Å². The van der Waals surface area contributed by atoms with Crippen LogP contribution in [0.1, 0.15) is 11.3 Å². The highest BCUT2D eigenvalue weighted by Crippen LogP contribution is 2.14. The third-order valence-corrected chi connectivity index (χ3v) is 3.07. The Morgan fingerprint density at radius 1 is 1.30 bits per heavy atom. The maximum atomic E-state index is 11.9. The van der Waals surface area contributed by atoms with Gasteiger partial charge in [0.05, 0.1) is 17.2 Å². The zero-order valence-electron chi connectivity index (χ0n) is 11.2. The van der Waals surface area contributed by atoms with Crippen LogP contribution in [0, 0.1) is 6.92 Å². The minimum absolute atomic E-state index is 0.141. The smallest absolute Gasteiger partial charge is 0.223 e. The quantitative estimate of drug-likeness (QED) is 0.855. The van der Waals surface area contributed by atoms with Gasteiger partial charge in [-0.05, 0) is 12.5 Å². The Labute approximate surface area is 122 Å². The predicted octanol–water partition coefficient (Wildman–Crippen LogP) is 2.02. The Hall–Kier alpha value is -2.14. The summed E-state index contributed by atoms with van der Waals surface area (Å²) in [7, 11) is 0. The van der Waals surface area contributed by atoms with E-state index >= 15 is 0 Å². The maximum Gasteiger partial charge on any atom is 0.223 e. The van der Waals surface area contributed by atoms with E-state index in [4.69, 9.17) is 22.7 Å². The van der Waals surface area contributed by atoms with E-state index in [-0.39, 0.29) is 5.43 Å². The van der Waals surface area contributed by atoms with Crippen LogP contribution in [0.25, 0.3) is 0 Å². The van der Waals surface area contributed by atoms with Gasteiger partial charge < -0.3 is 15.0 Å². The zero-order chi connectivity index (χ0) is 14.5. The van der Waals surface area contributed by atoms with E-state index in [0.29, 0.717) is 23.9 Å². The van der Waals surface area contributed by atoms with Crippen molar-refractivity contribution in [2.24, 2.45) is 5.73 Å². The van der Waals surface area contributed by atoms with Gasteiger partial charge >= 0.3 is 0 Å². The highest BCUT2D eigenvalue weighted by atomic mass is 32.1. The van der Waals surface area contributed by atoms with E-state index in [1.165, 1.54) is 6.07 Å². The van der Waals surface area contributed by atoms with Crippen LogP contribution in [0.15, 0.2) is 47.4 Å². The lowest BCUT2D eigenvalue weighted by molar-refractivity contribution is 0.297. The summed E-state index contributed by atoms with van der Waals surface area (Å²) in [4.78, 5) is 12.3. The standard InChI is InChI=1S/C15H16N2O2S/c1-11-15(19-10-12-5-3-2-4-6-12)13(18)7-8-17(11)9-14(16)20/h2-8H,9-10H2,1H3,(H2,16,20). The number of ether oxygens (including phenoxy) is 1. The number of thiocarbonyl (C=S) groups is 1. The number of nitrogens with zero attached hydrogens (tertiary/aromatic N) is 1. The highest BCUT2D eigenvalue weighted by Gasteiger charge is 2.09. The molecule has 0 unspecified atom stereocenters. The lowest BCUT2D eigenvalue weighted by atomic mass is 10.2. The van der Waals surface area contributed by atoms with Crippen molar-refractivity contribution in [2.75, 3.05) is 0 Å². The van der Waals surface area contributed by atoms with Gasteiger partial charge in [-0.1, -0.05) is 42.5 Å². The van der Waals surface area contributed by atoms with Gasteiger partial charge in [-0.25, -0.2) is 0 Å². The van der Waals surface area contributed by atoms with Crippen molar-refractivity contribution in [3.8, 4) is 5.75 Å². The van der Waals surface area contributed by atoms with E-state index in [2.05, 4.69) is 0 Å². The summed E-state index contributed by atoms with van der Waals surface area (Å²) in [6, 6.07) is 11.2. The normalized spacial score (nSPS) is 10.2. The second kappa shape index (κ2) is 6.34. The van der Waals surface area contributed by atoms with Crippen LogP contribution in [0.5, 0.6) is 5.75 Å². The molecule has 0 radical (unpaired) electrons. The molecule has 0 fully saturated rings. The SMILES string of the molecule is Cc1c(OCc2ccccc2)c(=O)ccn1CC(N)=S. The van der Waals surface area contributed by atoms with Crippen molar-refractivity contribution in [2.45, 2.75) is 20.1 Å². The average Bonchev–Trinajstić information content (AvgIpc) is 2.43. The molecule has 0 aliphatic rings. The number of pyridine rings is 1. The lowest BCUT2D eigenvalue weighted by Crippen LogP contribution is -2.21. The average molecular weight is 288 g/mol. The topological polar surface area (TPSA) is 57.2 Å². The molecule has 1 aromatic heterocycles. The number of rotatable bonds is 5. The third-order valence-electron chi connectivity index (χ3n) is 2.94. The molecular weight excluding hydrogens is 272 g/mol. The van der Waals surface area contributed by atoms with Crippen LogP contribution < -0.4 is 15.9 Å². The number of hydrogen-bond donors (Lipinski definition) is 1. The lowest BCUT2D eigenvalue weighted by Gasteiger charge is -2.14.